The molecule has 2 aromatic carbocycles. The minimum absolute atomic E-state index is 0.222. The van der Waals surface area contributed by atoms with Gasteiger partial charge in [0.25, 0.3) is 0 Å². The van der Waals surface area contributed by atoms with Gasteiger partial charge in [-0.3, -0.25) is 10.1 Å². The van der Waals surface area contributed by atoms with Crippen LogP contribution in [0.15, 0.2) is 48.5 Å². The molecule has 1 aromatic heterocycles. The highest BCUT2D eigenvalue weighted by molar-refractivity contribution is 7.22. The fourth-order valence-electron chi connectivity index (χ4n) is 2.25. The maximum absolute atomic E-state index is 12.1. The first-order valence-corrected chi connectivity index (χ1v) is 8.66. The third-order valence-corrected chi connectivity index (χ3v) is 4.38. The Bertz CT molecular complexity index is 901. The number of benzene rings is 2. The third kappa shape index (κ3) is 4.36. The number of aromatic nitrogens is 1. The van der Waals surface area contributed by atoms with Crippen LogP contribution in [0, 0.1) is 0 Å². The van der Waals surface area contributed by atoms with Crippen LogP contribution in [0.2, 0.25) is 0 Å². The van der Waals surface area contributed by atoms with Crippen molar-refractivity contribution in [2.45, 2.75) is 6.92 Å². The highest BCUT2D eigenvalue weighted by Gasteiger charge is 2.07. The average Bonchev–Trinajstić information content (AvgIpc) is 3.02. The van der Waals surface area contributed by atoms with Crippen LogP contribution in [-0.2, 0) is 4.79 Å². The van der Waals surface area contributed by atoms with Crippen LogP contribution in [0.25, 0.3) is 16.3 Å². The van der Waals surface area contributed by atoms with E-state index < -0.39 is 0 Å². The van der Waals surface area contributed by atoms with Gasteiger partial charge in [0, 0.05) is 6.08 Å². The summed E-state index contributed by atoms with van der Waals surface area (Å²) in [4.78, 5) is 16.5. The predicted molar refractivity (Wildman–Crippen MR) is 101 cm³/mol. The summed E-state index contributed by atoms with van der Waals surface area (Å²) in [6.45, 7) is 2.57. The zero-order chi connectivity index (χ0) is 17.6. The Balaban J connectivity index is 1.65. The summed E-state index contributed by atoms with van der Waals surface area (Å²) in [7, 11) is 1.62. The van der Waals surface area contributed by atoms with Gasteiger partial charge in [-0.15, -0.1) is 0 Å². The molecule has 0 atom stereocenters. The first-order chi connectivity index (χ1) is 12.2. The van der Waals surface area contributed by atoms with Crippen LogP contribution in [0.4, 0.5) is 5.13 Å². The molecule has 1 heterocycles. The predicted octanol–water partition coefficient (Wildman–Crippen LogP) is 4.36. The summed E-state index contributed by atoms with van der Waals surface area (Å²) in [5, 5.41) is 3.35. The Morgan fingerprint density at radius 2 is 1.96 bits per heavy atom. The zero-order valence-corrected chi connectivity index (χ0v) is 14.8. The molecule has 0 unspecified atom stereocenters. The van der Waals surface area contributed by atoms with E-state index in [0.29, 0.717) is 11.7 Å². The van der Waals surface area contributed by atoms with E-state index in [0.717, 1.165) is 27.3 Å². The molecule has 6 heteroatoms. The molecule has 1 amide bonds. The van der Waals surface area contributed by atoms with E-state index in [1.807, 2.05) is 49.4 Å². The van der Waals surface area contributed by atoms with E-state index in [-0.39, 0.29) is 5.91 Å². The standard InChI is InChI=1S/C19H18N2O3S/c1-3-24-14-7-4-13(5-8-14)6-11-18(22)21-19-20-16-10-9-15(23-2)12-17(16)25-19/h4-12H,3H2,1-2H3,(H,20,21,22)/b11-6-. The largest absolute Gasteiger partial charge is 0.497 e. The normalized spacial score (nSPS) is 11.0. The molecular formula is C19H18N2O3S. The maximum Gasteiger partial charge on any atom is 0.250 e. The minimum Gasteiger partial charge on any atom is -0.497 e. The highest BCUT2D eigenvalue weighted by atomic mass is 32.1. The molecule has 0 spiro atoms. The maximum atomic E-state index is 12.1. The van der Waals surface area contributed by atoms with Gasteiger partial charge in [0.1, 0.15) is 11.5 Å². The van der Waals surface area contributed by atoms with Gasteiger partial charge in [0.15, 0.2) is 5.13 Å². The van der Waals surface area contributed by atoms with Crippen molar-refractivity contribution in [2.24, 2.45) is 0 Å². The van der Waals surface area contributed by atoms with Crippen LogP contribution in [0.1, 0.15) is 12.5 Å². The van der Waals surface area contributed by atoms with Gasteiger partial charge in [-0.05, 0) is 48.9 Å². The van der Waals surface area contributed by atoms with Crippen molar-refractivity contribution >= 4 is 38.7 Å². The van der Waals surface area contributed by atoms with Crippen molar-refractivity contribution in [3.05, 3.63) is 54.1 Å². The Kier molecular flexibility index (Phi) is 5.30. The van der Waals surface area contributed by atoms with Crippen LogP contribution in [-0.4, -0.2) is 24.6 Å². The van der Waals surface area contributed by atoms with Crippen LogP contribution in [0.5, 0.6) is 11.5 Å². The van der Waals surface area contributed by atoms with Crippen LogP contribution < -0.4 is 14.8 Å². The second-order valence-corrected chi connectivity index (χ2v) is 6.21. The number of nitrogens with zero attached hydrogens (tertiary/aromatic N) is 1. The summed E-state index contributed by atoms with van der Waals surface area (Å²) in [5.74, 6) is 1.36. The van der Waals surface area contributed by atoms with Gasteiger partial charge >= 0.3 is 0 Å². The number of hydrogen-bond donors (Lipinski definition) is 1. The first kappa shape index (κ1) is 17.0. The molecule has 0 saturated heterocycles. The number of hydrogen-bond acceptors (Lipinski definition) is 5. The fraction of sp³-hybridized carbons (Fsp3) is 0.158. The molecule has 0 radical (unpaired) electrons. The van der Waals surface area contributed by atoms with E-state index in [1.54, 1.807) is 13.2 Å². The second kappa shape index (κ2) is 7.81. The molecule has 0 fully saturated rings. The molecule has 1 N–H and O–H groups in total. The lowest BCUT2D eigenvalue weighted by Gasteiger charge is -2.02. The lowest BCUT2D eigenvalue weighted by molar-refractivity contribution is -0.111. The van der Waals surface area contributed by atoms with Crippen molar-refractivity contribution in [3.8, 4) is 11.5 Å². The van der Waals surface area contributed by atoms with Gasteiger partial charge in [0.05, 0.1) is 23.9 Å². The number of carbonyl (C=O) groups excluding carboxylic acids is 1. The summed E-state index contributed by atoms with van der Waals surface area (Å²) >= 11 is 1.41. The molecule has 25 heavy (non-hydrogen) atoms. The van der Waals surface area contributed by atoms with Crippen molar-refractivity contribution in [2.75, 3.05) is 19.0 Å². The molecule has 128 valence electrons. The first-order valence-electron chi connectivity index (χ1n) is 7.84. The molecule has 0 bridgehead atoms. The van der Waals surface area contributed by atoms with E-state index in [1.165, 1.54) is 17.4 Å². The van der Waals surface area contributed by atoms with Crippen molar-refractivity contribution in [3.63, 3.8) is 0 Å². The number of rotatable bonds is 6. The van der Waals surface area contributed by atoms with E-state index in [4.69, 9.17) is 9.47 Å². The van der Waals surface area contributed by atoms with Crippen molar-refractivity contribution in [1.82, 2.24) is 4.98 Å². The molecule has 3 aromatic rings. The quantitative estimate of drug-likeness (QED) is 0.668. The average molecular weight is 354 g/mol. The van der Waals surface area contributed by atoms with Crippen LogP contribution in [0.3, 0.4) is 0 Å². The number of methoxy groups -OCH3 is 1. The molecule has 0 aliphatic rings. The smallest absolute Gasteiger partial charge is 0.250 e. The van der Waals surface area contributed by atoms with E-state index >= 15 is 0 Å². The summed E-state index contributed by atoms with van der Waals surface area (Å²) in [6.07, 6.45) is 3.24. The Morgan fingerprint density at radius 3 is 2.68 bits per heavy atom. The van der Waals surface area contributed by atoms with E-state index in [9.17, 15) is 4.79 Å². The lowest BCUT2D eigenvalue weighted by Crippen LogP contribution is -2.07. The van der Waals surface area contributed by atoms with Crippen molar-refractivity contribution < 1.29 is 14.3 Å². The number of thiazole rings is 1. The number of nitrogens with one attached hydrogen (secondary N) is 1. The summed E-state index contributed by atoms with van der Waals surface area (Å²) in [5.41, 5.74) is 1.75. The number of fused-ring (bicyclic) bond motifs is 1. The van der Waals surface area contributed by atoms with Gasteiger partial charge in [-0.2, -0.15) is 0 Å². The number of amides is 1. The SMILES string of the molecule is CCOc1ccc(/C=C\C(=O)Nc2nc3ccc(OC)cc3s2)cc1. The number of anilines is 1. The van der Waals surface area contributed by atoms with Crippen LogP contribution >= 0.6 is 11.3 Å². The topological polar surface area (TPSA) is 60.5 Å². The molecule has 0 saturated carbocycles. The highest BCUT2D eigenvalue weighted by Crippen LogP contribution is 2.29. The molecular weight excluding hydrogens is 336 g/mol. The third-order valence-electron chi connectivity index (χ3n) is 3.44. The van der Waals surface area contributed by atoms with Gasteiger partial charge in [-0.25, -0.2) is 4.98 Å². The lowest BCUT2D eigenvalue weighted by atomic mass is 10.2. The van der Waals surface area contributed by atoms with Crippen molar-refractivity contribution in [1.29, 1.82) is 0 Å². The second-order valence-electron chi connectivity index (χ2n) is 5.18. The minimum atomic E-state index is -0.222. The van der Waals surface area contributed by atoms with Gasteiger partial charge in [-0.1, -0.05) is 23.5 Å². The molecule has 0 aliphatic heterocycles. The fourth-order valence-corrected chi connectivity index (χ4v) is 3.14. The molecule has 0 aliphatic carbocycles. The van der Waals surface area contributed by atoms with Gasteiger partial charge in [0.2, 0.25) is 5.91 Å². The number of ether oxygens (including phenoxy) is 2. The Hall–Kier alpha value is -2.86. The van der Waals surface area contributed by atoms with E-state index in [2.05, 4.69) is 10.3 Å². The monoisotopic (exact) mass is 354 g/mol. The zero-order valence-electron chi connectivity index (χ0n) is 14.0. The van der Waals surface area contributed by atoms with Gasteiger partial charge < -0.3 is 9.47 Å². The molecule has 3 rings (SSSR count). The Morgan fingerprint density at radius 1 is 1.20 bits per heavy atom. The Labute approximate surface area is 149 Å². The number of carbonyl (C=O) groups is 1. The summed E-state index contributed by atoms with van der Waals surface area (Å²) in [6, 6.07) is 13.2. The summed E-state index contributed by atoms with van der Waals surface area (Å²) < 4.78 is 11.5. The molecule has 5 nitrogen and oxygen atoms in total.